The molecule has 5 rings (SSSR count). The zero-order valence-corrected chi connectivity index (χ0v) is 20.1. The molecule has 33 heavy (non-hydrogen) atoms. The van der Waals surface area contributed by atoms with E-state index in [1.165, 1.54) is 28.9 Å². The first-order chi connectivity index (χ1) is 15.8. The minimum atomic E-state index is -0.287. The normalized spacial score (nSPS) is 12.0. The van der Waals surface area contributed by atoms with Gasteiger partial charge in [-0.3, -0.25) is 0 Å². The van der Waals surface area contributed by atoms with Crippen LogP contribution in [0.2, 0.25) is 0 Å². The Morgan fingerprint density at radius 2 is 1.55 bits per heavy atom. The first kappa shape index (κ1) is 21.4. The molecule has 0 amide bonds. The summed E-state index contributed by atoms with van der Waals surface area (Å²) in [6, 6.07) is 15.6. The summed E-state index contributed by atoms with van der Waals surface area (Å²) >= 11 is 0. The Morgan fingerprint density at radius 3 is 2.21 bits per heavy atom. The van der Waals surface area contributed by atoms with Crippen molar-refractivity contribution in [3.05, 3.63) is 83.4 Å². The van der Waals surface area contributed by atoms with Crippen molar-refractivity contribution in [2.24, 2.45) is 7.05 Å². The fourth-order valence-corrected chi connectivity index (χ4v) is 4.91. The Labute approximate surface area is 194 Å². The van der Waals surface area contributed by atoms with E-state index < -0.39 is 0 Å². The minimum Gasteiger partial charge on any atom is -0.456 e. The zero-order valence-electron chi connectivity index (χ0n) is 20.1. The fourth-order valence-electron chi connectivity index (χ4n) is 4.91. The second kappa shape index (κ2) is 7.87. The second-order valence-electron chi connectivity index (χ2n) is 9.60. The number of aromatic nitrogens is 2. The van der Waals surface area contributed by atoms with E-state index in [0.29, 0.717) is 17.4 Å². The van der Waals surface area contributed by atoms with Gasteiger partial charge in [0.15, 0.2) is 0 Å². The number of nitrogens with zero attached hydrogens (tertiary/aromatic N) is 2. The van der Waals surface area contributed by atoms with Crippen molar-refractivity contribution >= 4 is 21.9 Å². The van der Waals surface area contributed by atoms with Crippen molar-refractivity contribution in [1.29, 1.82) is 0 Å². The third kappa shape index (κ3) is 3.45. The molecule has 0 aliphatic rings. The number of benzene rings is 3. The molecule has 0 aliphatic heterocycles. The van der Waals surface area contributed by atoms with Crippen LogP contribution in [-0.4, -0.2) is 4.57 Å². The van der Waals surface area contributed by atoms with Crippen LogP contribution >= 0.6 is 0 Å². The van der Waals surface area contributed by atoms with Crippen LogP contribution in [0, 0.1) is 12.7 Å². The Kier molecular flexibility index (Phi) is 5.12. The standard InChI is InChI=1S/C29H30FN2O/c1-17(2)21-8-7-9-22(18(3)4)28(21)32-13-12-31(6)29(32)24-16-27-25(14-19(24)5)23-11-10-20(30)15-26(23)33-27/h7-18H,1-6H3/q+1. The van der Waals surface area contributed by atoms with Crippen LogP contribution in [0.4, 0.5) is 4.39 Å². The van der Waals surface area contributed by atoms with E-state index in [2.05, 4.69) is 93.5 Å². The first-order valence-corrected chi connectivity index (χ1v) is 11.6. The number of aryl methyl sites for hydroxylation is 2. The van der Waals surface area contributed by atoms with E-state index in [0.717, 1.165) is 33.3 Å². The Bertz CT molecular complexity index is 1480. The van der Waals surface area contributed by atoms with Gasteiger partial charge in [0.1, 0.15) is 35.1 Å². The lowest BCUT2D eigenvalue weighted by Gasteiger charge is -2.18. The summed E-state index contributed by atoms with van der Waals surface area (Å²) in [6.45, 7) is 11.1. The van der Waals surface area contributed by atoms with Crippen LogP contribution in [0.1, 0.15) is 56.2 Å². The molecule has 3 nitrogen and oxygen atoms in total. The largest absolute Gasteiger partial charge is 0.456 e. The lowest BCUT2D eigenvalue weighted by atomic mass is 9.92. The van der Waals surface area contributed by atoms with Crippen molar-refractivity contribution in [2.45, 2.75) is 46.5 Å². The number of rotatable bonds is 4. The third-order valence-corrected chi connectivity index (χ3v) is 6.61. The van der Waals surface area contributed by atoms with Gasteiger partial charge in [-0.2, -0.15) is 4.57 Å². The van der Waals surface area contributed by atoms with Crippen LogP contribution in [0.5, 0.6) is 0 Å². The van der Waals surface area contributed by atoms with Crippen molar-refractivity contribution in [3.8, 4) is 17.1 Å². The molecule has 0 atom stereocenters. The molecule has 2 aromatic heterocycles. The average molecular weight is 442 g/mol. The van der Waals surface area contributed by atoms with Gasteiger partial charge in [-0.05, 0) is 48.6 Å². The number of imidazole rings is 1. The zero-order chi connectivity index (χ0) is 23.4. The summed E-state index contributed by atoms with van der Waals surface area (Å²) < 4.78 is 24.3. The fraction of sp³-hybridized carbons (Fsp3) is 0.276. The molecule has 2 heterocycles. The van der Waals surface area contributed by atoms with Gasteiger partial charge in [-0.25, -0.2) is 8.96 Å². The SMILES string of the molecule is Cc1cc2c(cc1-c1n(-c3c(C(C)C)cccc3C(C)C)cc[n+]1C)oc1cc(F)ccc12. The van der Waals surface area contributed by atoms with Crippen LogP contribution in [0.15, 0.2) is 65.3 Å². The van der Waals surface area contributed by atoms with Gasteiger partial charge in [0.2, 0.25) is 0 Å². The molecular weight excluding hydrogens is 411 g/mol. The molecule has 4 heteroatoms. The van der Waals surface area contributed by atoms with Gasteiger partial charge in [0, 0.05) is 28.0 Å². The van der Waals surface area contributed by atoms with Crippen molar-refractivity contribution < 1.29 is 13.4 Å². The molecule has 5 aromatic rings. The Morgan fingerprint density at radius 1 is 0.879 bits per heavy atom. The summed E-state index contributed by atoms with van der Waals surface area (Å²) in [5, 5.41) is 1.95. The van der Waals surface area contributed by atoms with Crippen LogP contribution < -0.4 is 4.57 Å². The molecule has 0 saturated heterocycles. The molecule has 0 unspecified atom stereocenters. The molecular formula is C29H30FN2O+. The maximum atomic E-state index is 13.8. The second-order valence-corrected chi connectivity index (χ2v) is 9.60. The molecule has 0 N–H and O–H groups in total. The van der Waals surface area contributed by atoms with Gasteiger partial charge in [-0.1, -0.05) is 45.9 Å². The number of hydrogen-bond donors (Lipinski definition) is 0. The Balaban J connectivity index is 1.80. The maximum Gasteiger partial charge on any atom is 0.294 e. The highest BCUT2D eigenvalue weighted by atomic mass is 19.1. The van der Waals surface area contributed by atoms with E-state index in [1.807, 2.05) is 0 Å². The molecule has 0 bridgehead atoms. The molecule has 3 aromatic carbocycles. The summed E-state index contributed by atoms with van der Waals surface area (Å²) in [7, 11) is 2.08. The summed E-state index contributed by atoms with van der Waals surface area (Å²) in [4.78, 5) is 0. The van der Waals surface area contributed by atoms with Crippen molar-refractivity contribution in [1.82, 2.24) is 4.57 Å². The lowest BCUT2D eigenvalue weighted by molar-refractivity contribution is -0.659. The van der Waals surface area contributed by atoms with Crippen LogP contribution in [0.3, 0.4) is 0 Å². The van der Waals surface area contributed by atoms with Crippen molar-refractivity contribution in [3.63, 3.8) is 0 Å². The maximum absolute atomic E-state index is 13.8. The van der Waals surface area contributed by atoms with Crippen molar-refractivity contribution in [2.75, 3.05) is 0 Å². The number of halogens is 1. The highest BCUT2D eigenvalue weighted by Crippen LogP contribution is 2.37. The highest BCUT2D eigenvalue weighted by Gasteiger charge is 2.27. The summed E-state index contributed by atoms with van der Waals surface area (Å²) in [5.41, 5.74) is 7.51. The number of furan rings is 1. The summed E-state index contributed by atoms with van der Waals surface area (Å²) in [6.07, 6.45) is 4.26. The third-order valence-electron chi connectivity index (χ3n) is 6.61. The minimum absolute atomic E-state index is 0.287. The average Bonchev–Trinajstić information content (AvgIpc) is 3.31. The smallest absolute Gasteiger partial charge is 0.294 e. The molecule has 0 radical (unpaired) electrons. The Hall–Kier alpha value is -3.40. The molecule has 168 valence electrons. The highest BCUT2D eigenvalue weighted by molar-refractivity contribution is 6.06. The van der Waals surface area contributed by atoms with Gasteiger partial charge >= 0.3 is 0 Å². The van der Waals surface area contributed by atoms with E-state index in [9.17, 15) is 4.39 Å². The quantitative estimate of drug-likeness (QED) is 0.264. The number of fused-ring (bicyclic) bond motifs is 3. The predicted molar refractivity (Wildman–Crippen MR) is 133 cm³/mol. The van der Waals surface area contributed by atoms with E-state index in [1.54, 1.807) is 6.07 Å². The molecule has 0 fully saturated rings. The molecule has 0 aliphatic carbocycles. The van der Waals surface area contributed by atoms with E-state index >= 15 is 0 Å². The topological polar surface area (TPSA) is 21.9 Å². The number of hydrogen-bond acceptors (Lipinski definition) is 1. The van der Waals surface area contributed by atoms with Gasteiger partial charge in [0.25, 0.3) is 5.82 Å². The van der Waals surface area contributed by atoms with Gasteiger partial charge < -0.3 is 4.42 Å². The first-order valence-electron chi connectivity index (χ1n) is 11.6. The molecule has 0 spiro atoms. The monoisotopic (exact) mass is 441 g/mol. The van der Waals surface area contributed by atoms with E-state index in [4.69, 9.17) is 4.42 Å². The predicted octanol–water partition coefficient (Wildman–Crippen LogP) is 7.56. The summed E-state index contributed by atoms with van der Waals surface area (Å²) in [5.74, 6) is 1.60. The van der Waals surface area contributed by atoms with Gasteiger partial charge in [-0.15, -0.1) is 0 Å². The van der Waals surface area contributed by atoms with E-state index in [-0.39, 0.29) is 5.82 Å². The van der Waals surface area contributed by atoms with Gasteiger partial charge in [0.05, 0.1) is 12.6 Å². The lowest BCUT2D eigenvalue weighted by Crippen LogP contribution is -2.29. The molecule has 0 saturated carbocycles. The van der Waals surface area contributed by atoms with Crippen LogP contribution in [-0.2, 0) is 7.05 Å². The van der Waals surface area contributed by atoms with Crippen LogP contribution in [0.25, 0.3) is 39.0 Å². The number of para-hydroxylation sites is 1.